The van der Waals surface area contributed by atoms with E-state index in [4.69, 9.17) is 4.74 Å². The molecule has 0 bridgehead atoms. The zero-order valence-electron chi connectivity index (χ0n) is 13.0. The van der Waals surface area contributed by atoms with E-state index in [-0.39, 0.29) is 35.6 Å². The average Bonchev–Trinajstić information content (AvgIpc) is 2.90. The molecule has 0 spiro atoms. The molecule has 1 unspecified atom stereocenters. The lowest BCUT2D eigenvalue weighted by molar-refractivity contribution is 0.186. The van der Waals surface area contributed by atoms with E-state index in [1.807, 2.05) is 0 Å². The molecule has 3 rings (SSSR count). The largest absolute Gasteiger partial charge is 0.457 e. The van der Waals surface area contributed by atoms with E-state index in [9.17, 15) is 31.1 Å². The Labute approximate surface area is 146 Å². The molecule has 0 saturated heterocycles. The van der Waals surface area contributed by atoms with Crippen LogP contribution in [0.15, 0.2) is 30.3 Å². The number of benzene rings is 2. The van der Waals surface area contributed by atoms with Gasteiger partial charge in [-0.25, -0.2) is 17.2 Å². The van der Waals surface area contributed by atoms with E-state index >= 15 is 0 Å². The van der Waals surface area contributed by atoms with Crippen molar-refractivity contribution < 1.29 is 35.8 Å². The molecule has 0 fully saturated rings. The molecular formula is C16H13F4NO4S. The summed E-state index contributed by atoms with van der Waals surface area (Å²) in [5.74, 6) is -5.31. The van der Waals surface area contributed by atoms with Crippen molar-refractivity contribution >= 4 is 15.7 Å². The molecule has 1 aliphatic rings. The molecule has 0 radical (unpaired) electrons. The predicted molar refractivity (Wildman–Crippen MR) is 84.8 cm³/mol. The number of anilines is 1. The Morgan fingerprint density at radius 3 is 2.31 bits per heavy atom. The zero-order chi connectivity index (χ0) is 19.1. The SMILES string of the molecule is O=S(=O)(Nc1ccc(Oc2cc(F)cc(F)c2)c2c1CC(O)C2)C(F)F. The summed E-state index contributed by atoms with van der Waals surface area (Å²) in [6.07, 6.45) is -0.772. The molecule has 0 amide bonds. The fraction of sp³-hybridized carbons (Fsp3) is 0.250. The standard InChI is InChI=1S/C16H13F4NO4S/c17-8-3-9(18)5-11(4-8)25-15-2-1-14(21-26(23,24)16(19)20)12-6-10(22)7-13(12)15/h1-5,10,16,21-22H,6-7H2. The summed E-state index contributed by atoms with van der Waals surface area (Å²) >= 11 is 0. The Hall–Kier alpha value is -2.33. The summed E-state index contributed by atoms with van der Waals surface area (Å²) in [5, 5.41) is 9.86. The number of aliphatic hydroxyl groups excluding tert-OH is 1. The van der Waals surface area contributed by atoms with Crippen LogP contribution >= 0.6 is 0 Å². The summed E-state index contributed by atoms with van der Waals surface area (Å²) in [4.78, 5) is 0. The van der Waals surface area contributed by atoms with Crippen LogP contribution in [0.1, 0.15) is 11.1 Å². The van der Waals surface area contributed by atoms with Gasteiger partial charge in [0.25, 0.3) is 10.0 Å². The van der Waals surface area contributed by atoms with Gasteiger partial charge in [-0.1, -0.05) is 0 Å². The molecule has 0 aromatic heterocycles. The molecule has 1 aliphatic carbocycles. The molecule has 0 saturated carbocycles. The number of nitrogens with one attached hydrogen (secondary N) is 1. The van der Waals surface area contributed by atoms with Crippen LogP contribution in [0.3, 0.4) is 0 Å². The first kappa shape index (κ1) is 18.5. The van der Waals surface area contributed by atoms with Crippen molar-refractivity contribution in [1.29, 1.82) is 0 Å². The minimum Gasteiger partial charge on any atom is -0.457 e. The van der Waals surface area contributed by atoms with Crippen molar-refractivity contribution in [3.05, 3.63) is 53.1 Å². The first-order valence-corrected chi connectivity index (χ1v) is 8.97. The number of aliphatic hydroxyl groups is 1. The normalized spacial score (nSPS) is 16.6. The van der Waals surface area contributed by atoms with Gasteiger partial charge in [0.2, 0.25) is 0 Å². The van der Waals surface area contributed by atoms with E-state index in [0.717, 1.165) is 12.1 Å². The summed E-state index contributed by atoms with van der Waals surface area (Å²) in [7, 11) is -4.88. The summed E-state index contributed by atoms with van der Waals surface area (Å²) < 4.78 is 81.7. The first-order chi connectivity index (χ1) is 12.2. The number of halogens is 4. The Balaban J connectivity index is 1.98. The fourth-order valence-corrected chi connectivity index (χ4v) is 3.36. The predicted octanol–water partition coefficient (Wildman–Crippen LogP) is 3.18. The van der Waals surface area contributed by atoms with Gasteiger partial charge in [-0.05, 0) is 17.7 Å². The lowest BCUT2D eigenvalue weighted by Gasteiger charge is -2.15. The maximum Gasteiger partial charge on any atom is 0.355 e. The Morgan fingerprint density at radius 2 is 1.69 bits per heavy atom. The lowest BCUT2D eigenvalue weighted by Crippen LogP contribution is -2.21. The van der Waals surface area contributed by atoms with Crippen molar-refractivity contribution in [2.45, 2.75) is 24.7 Å². The van der Waals surface area contributed by atoms with Gasteiger partial charge in [0.05, 0.1) is 11.8 Å². The summed E-state index contributed by atoms with van der Waals surface area (Å²) in [5.41, 5.74) is 0.558. The van der Waals surface area contributed by atoms with Crippen LogP contribution in [-0.2, 0) is 22.9 Å². The van der Waals surface area contributed by atoms with Gasteiger partial charge in [0.1, 0.15) is 23.1 Å². The number of sulfonamides is 1. The molecule has 26 heavy (non-hydrogen) atoms. The van der Waals surface area contributed by atoms with Gasteiger partial charge in [-0.3, -0.25) is 4.72 Å². The van der Waals surface area contributed by atoms with Crippen LogP contribution in [0.5, 0.6) is 11.5 Å². The van der Waals surface area contributed by atoms with Crippen molar-refractivity contribution in [2.24, 2.45) is 0 Å². The Morgan fingerprint density at radius 1 is 1.08 bits per heavy atom. The molecule has 1 atom stereocenters. The van der Waals surface area contributed by atoms with E-state index in [0.29, 0.717) is 11.6 Å². The van der Waals surface area contributed by atoms with Gasteiger partial charge >= 0.3 is 5.76 Å². The van der Waals surface area contributed by atoms with E-state index in [1.165, 1.54) is 12.1 Å². The molecule has 140 valence electrons. The second kappa shape index (κ2) is 6.76. The monoisotopic (exact) mass is 391 g/mol. The van der Waals surface area contributed by atoms with Crippen LogP contribution in [0.2, 0.25) is 0 Å². The number of hydrogen-bond acceptors (Lipinski definition) is 4. The molecule has 2 aromatic carbocycles. The van der Waals surface area contributed by atoms with Crippen LogP contribution < -0.4 is 9.46 Å². The highest BCUT2D eigenvalue weighted by atomic mass is 32.2. The molecule has 5 nitrogen and oxygen atoms in total. The highest BCUT2D eigenvalue weighted by molar-refractivity contribution is 7.93. The molecule has 0 aliphatic heterocycles. The first-order valence-electron chi connectivity index (χ1n) is 7.42. The third kappa shape index (κ3) is 3.75. The Bertz CT molecular complexity index is 929. The minimum absolute atomic E-state index is 0.0190. The zero-order valence-corrected chi connectivity index (χ0v) is 13.9. The second-order valence-corrected chi connectivity index (χ2v) is 7.40. The highest BCUT2D eigenvalue weighted by Gasteiger charge is 2.30. The number of rotatable bonds is 5. The van der Waals surface area contributed by atoms with Crippen molar-refractivity contribution in [3.63, 3.8) is 0 Å². The highest BCUT2D eigenvalue weighted by Crippen LogP contribution is 2.39. The topological polar surface area (TPSA) is 75.6 Å². The van der Waals surface area contributed by atoms with E-state index < -0.39 is 33.5 Å². The van der Waals surface area contributed by atoms with Crippen molar-refractivity contribution in [3.8, 4) is 11.5 Å². The quantitative estimate of drug-likeness (QED) is 0.768. The maximum absolute atomic E-state index is 13.3. The molecular weight excluding hydrogens is 378 g/mol. The van der Waals surface area contributed by atoms with Gasteiger partial charge in [0.15, 0.2) is 0 Å². The smallest absolute Gasteiger partial charge is 0.355 e. The van der Waals surface area contributed by atoms with Gasteiger partial charge in [0, 0.05) is 36.6 Å². The van der Waals surface area contributed by atoms with Crippen molar-refractivity contribution in [2.75, 3.05) is 4.72 Å². The molecule has 2 N–H and O–H groups in total. The number of fused-ring (bicyclic) bond motifs is 1. The van der Waals surface area contributed by atoms with E-state index in [2.05, 4.69) is 0 Å². The number of ether oxygens (including phenoxy) is 1. The third-order valence-corrected chi connectivity index (χ3v) is 4.79. The third-order valence-electron chi connectivity index (χ3n) is 3.82. The van der Waals surface area contributed by atoms with E-state index in [1.54, 1.807) is 4.72 Å². The van der Waals surface area contributed by atoms with Gasteiger partial charge < -0.3 is 9.84 Å². The number of alkyl halides is 2. The second-order valence-electron chi connectivity index (χ2n) is 5.75. The molecule has 2 aromatic rings. The molecule has 0 heterocycles. The summed E-state index contributed by atoms with van der Waals surface area (Å²) in [6, 6.07) is 5.05. The maximum atomic E-state index is 13.3. The molecule has 10 heteroatoms. The van der Waals surface area contributed by atoms with Crippen LogP contribution in [-0.4, -0.2) is 25.4 Å². The lowest BCUT2D eigenvalue weighted by atomic mass is 10.1. The summed E-state index contributed by atoms with van der Waals surface area (Å²) in [6.45, 7) is 0. The average molecular weight is 391 g/mol. The minimum atomic E-state index is -4.88. The van der Waals surface area contributed by atoms with Gasteiger partial charge in [-0.2, -0.15) is 8.78 Å². The van der Waals surface area contributed by atoms with Crippen LogP contribution in [0.4, 0.5) is 23.2 Å². The number of hydrogen-bond donors (Lipinski definition) is 2. The Kier molecular flexibility index (Phi) is 4.80. The van der Waals surface area contributed by atoms with Crippen molar-refractivity contribution in [1.82, 2.24) is 0 Å². The van der Waals surface area contributed by atoms with Crippen LogP contribution in [0.25, 0.3) is 0 Å². The van der Waals surface area contributed by atoms with Crippen LogP contribution in [0, 0.1) is 11.6 Å². The fourth-order valence-electron chi connectivity index (χ4n) is 2.78. The van der Waals surface area contributed by atoms with Gasteiger partial charge in [-0.15, -0.1) is 0 Å².